The maximum absolute atomic E-state index is 12.4. The number of hydrogen-bond donors (Lipinski definition) is 1. The minimum Gasteiger partial charge on any atom is -0.351 e. The van der Waals surface area contributed by atoms with Crippen molar-refractivity contribution in [2.75, 3.05) is 6.54 Å². The minimum atomic E-state index is -0.157. The predicted octanol–water partition coefficient (Wildman–Crippen LogP) is 5.17. The highest BCUT2D eigenvalue weighted by Gasteiger charge is 2.11. The second-order valence-corrected chi connectivity index (χ2v) is 7.45. The van der Waals surface area contributed by atoms with Gasteiger partial charge in [0.25, 0.3) is 5.91 Å². The molecule has 1 aromatic carbocycles. The summed E-state index contributed by atoms with van der Waals surface area (Å²) in [6.45, 7) is 2.79. The number of rotatable bonds is 7. The molecule has 0 saturated heterocycles. The summed E-state index contributed by atoms with van der Waals surface area (Å²) in [6, 6.07) is 12.9. The molecule has 0 unspecified atom stereocenters. The highest BCUT2D eigenvalue weighted by Crippen LogP contribution is 2.22. The van der Waals surface area contributed by atoms with Crippen LogP contribution in [0.25, 0.3) is 11.3 Å². The number of nitrogens with one attached hydrogen (secondary N) is 1. The van der Waals surface area contributed by atoms with Crippen LogP contribution in [0.4, 0.5) is 0 Å². The first kappa shape index (κ1) is 18.5. The van der Waals surface area contributed by atoms with Crippen molar-refractivity contribution >= 4 is 28.8 Å². The van der Waals surface area contributed by atoms with Crippen LogP contribution in [0.3, 0.4) is 0 Å². The van der Waals surface area contributed by atoms with E-state index in [2.05, 4.69) is 22.2 Å². The number of amides is 1. The van der Waals surface area contributed by atoms with Gasteiger partial charge in [-0.1, -0.05) is 36.7 Å². The fourth-order valence-electron chi connectivity index (χ4n) is 2.67. The van der Waals surface area contributed by atoms with Crippen LogP contribution in [-0.2, 0) is 0 Å². The van der Waals surface area contributed by atoms with Gasteiger partial charge in [-0.2, -0.15) is 0 Å². The second-order valence-electron chi connectivity index (χ2n) is 6.09. The lowest BCUT2D eigenvalue weighted by atomic mass is 10.1. The van der Waals surface area contributed by atoms with Crippen LogP contribution in [-0.4, -0.2) is 22.4 Å². The normalized spacial score (nSPS) is 11.9. The molecule has 1 amide bonds. The van der Waals surface area contributed by atoms with E-state index in [1.165, 1.54) is 0 Å². The number of nitrogens with zero attached hydrogens (tertiary/aromatic N) is 2. The van der Waals surface area contributed by atoms with E-state index in [9.17, 15) is 4.79 Å². The Morgan fingerprint density at radius 1 is 1.27 bits per heavy atom. The summed E-state index contributed by atoms with van der Waals surface area (Å²) in [4.78, 5) is 21.2. The van der Waals surface area contributed by atoms with Crippen LogP contribution < -0.4 is 5.32 Å². The second kappa shape index (κ2) is 8.92. The molecule has 1 N–H and O–H groups in total. The summed E-state index contributed by atoms with van der Waals surface area (Å²) in [5.41, 5.74) is 2.04. The van der Waals surface area contributed by atoms with E-state index in [1.807, 2.05) is 48.0 Å². The molecule has 4 nitrogen and oxygen atoms in total. The van der Waals surface area contributed by atoms with Gasteiger partial charge in [-0.15, -0.1) is 11.3 Å². The lowest BCUT2D eigenvalue weighted by molar-refractivity contribution is 0.0948. The Labute approximate surface area is 162 Å². The summed E-state index contributed by atoms with van der Waals surface area (Å²) < 4.78 is 0. The van der Waals surface area contributed by atoms with Crippen LogP contribution in [0, 0.1) is 0 Å². The minimum absolute atomic E-state index is 0.157. The van der Waals surface area contributed by atoms with Crippen molar-refractivity contribution in [3.05, 3.63) is 69.8 Å². The van der Waals surface area contributed by atoms with E-state index in [1.54, 1.807) is 17.4 Å². The van der Waals surface area contributed by atoms with E-state index in [-0.39, 0.29) is 5.91 Å². The molecule has 0 aliphatic rings. The van der Waals surface area contributed by atoms with Crippen LogP contribution in [0.1, 0.15) is 41.2 Å². The van der Waals surface area contributed by atoms with Crippen molar-refractivity contribution < 1.29 is 4.79 Å². The molecule has 0 spiro atoms. The molecule has 0 saturated carbocycles. The molecule has 26 heavy (non-hydrogen) atoms. The van der Waals surface area contributed by atoms with Gasteiger partial charge in [-0.05, 0) is 37.1 Å². The Bertz CT molecular complexity index is 867. The van der Waals surface area contributed by atoms with Crippen LogP contribution in [0.2, 0.25) is 5.02 Å². The SMILES string of the molecule is C[C@@H](CCCNC(=O)c1cccc(-c2cccc(Cl)c2)n1)c1nccs1. The number of halogens is 1. The smallest absolute Gasteiger partial charge is 0.269 e. The molecule has 3 rings (SSSR count). The largest absolute Gasteiger partial charge is 0.351 e. The Hall–Kier alpha value is -2.24. The topological polar surface area (TPSA) is 54.9 Å². The predicted molar refractivity (Wildman–Crippen MR) is 107 cm³/mol. The van der Waals surface area contributed by atoms with Gasteiger partial charge in [-0.3, -0.25) is 4.79 Å². The molecular weight excluding hydrogens is 366 g/mol. The van der Waals surface area contributed by atoms with Crippen molar-refractivity contribution in [2.24, 2.45) is 0 Å². The first-order valence-corrected chi connectivity index (χ1v) is 9.80. The summed E-state index contributed by atoms with van der Waals surface area (Å²) >= 11 is 7.71. The van der Waals surface area contributed by atoms with Gasteiger partial charge in [0.15, 0.2) is 0 Å². The fraction of sp³-hybridized carbons (Fsp3) is 0.250. The van der Waals surface area contributed by atoms with Crippen molar-refractivity contribution in [1.82, 2.24) is 15.3 Å². The highest BCUT2D eigenvalue weighted by molar-refractivity contribution is 7.09. The number of hydrogen-bond acceptors (Lipinski definition) is 4. The van der Waals surface area contributed by atoms with Gasteiger partial charge in [0, 0.05) is 34.6 Å². The van der Waals surface area contributed by atoms with E-state index in [0.717, 1.165) is 29.1 Å². The molecule has 1 atom stereocenters. The van der Waals surface area contributed by atoms with Crippen molar-refractivity contribution in [3.63, 3.8) is 0 Å². The van der Waals surface area contributed by atoms with Crippen LogP contribution >= 0.6 is 22.9 Å². The van der Waals surface area contributed by atoms with Gasteiger partial charge in [0.05, 0.1) is 10.7 Å². The Balaban J connectivity index is 1.54. The average molecular weight is 386 g/mol. The van der Waals surface area contributed by atoms with Crippen molar-refractivity contribution in [3.8, 4) is 11.3 Å². The number of carbonyl (C=O) groups is 1. The van der Waals surface area contributed by atoms with E-state index < -0.39 is 0 Å². The average Bonchev–Trinajstić information content (AvgIpc) is 3.20. The summed E-state index contributed by atoms with van der Waals surface area (Å²) in [7, 11) is 0. The molecular formula is C20H20ClN3OS. The Kier molecular flexibility index (Phi) is 6.36. The maximum atomic E-state index is 12.4. The quantitative estimate of drug-likeness (QED) is 0.570. The number of thiazole rings is 1. The monoisotopic (exact) mass is 385 g/mol. The first-order valence-electron chi connectivity index (χ1n) is 8.54. The zero-order valence-corrected chi connectivity index (χ0v) is 16.1. The molecule has 0 aliphatic carbocycles. The summed E-state index contributed by atoms with van der Waals surface area (Å²) in [5.74, 6) is 0.256. The van der Waals surface area contributed by atoms with Crippen molar-refractivity contribution in [1.29, 1.82) is 0 Å². The molecule has 0 fully saturated rings. The maximum Gasteiger partial charge on any atom is 0.269 e. The van der Waals surface area contributed by atoms with Gasteiger partial charge in [0.1, 0.15) is 5.69 Å². The van der Waals surface area contributed by atoms with E-state index in [0.29, 0.717) is 23.2 Å². The molecule has 0 aliphatic heterocycles. The number of benzene rings is 1. The van der Waals surface area contributed by atoms with Crippen LogP contribution in [0.5, 0.6) is 0 Å². The molecule has 3 aromatic rings. The molecule has 0 bridgehead atoms. The lowest BCUT2D eigenvalue weighted by Gasteiger charge is -2.09. The fourth-order valence-corrected chi connectivity index (χ4v) is 3.60. The molecule has 134 valence electrons. The number of aromatic nitrogens is 2. The summed E-state index contributed by atoms with van der Waals surface area (Å²) in [6.07, 6.45) is 3.72. The number of carbonyl (C=O) groups excluding carboxylic acids is 1. The molecule has 0 radical (unpaired) electrons. The van der Waals surface area contributed by atoms with Gasteiger partial charge in [-0.25, -0.2) is 9.97 Å². The third kappa shape index (κ3) is 4.90. The zero-order valence-electron chi connectivity index (χ0n) is 14.5. The van der Waals surface area contributed by atoms with Crippen LogP contribution in [0.15, 0.2) is 54.0 Å². The summed E-state index contributed by atoms with van der Waals surface area (Å²) in [5, 5.41) is 6.73. The van der Waals surface area contributed by atoms with E-state index >= 15 is 0 Å². The van der Waals surface area contributed by atoms with E-state index in [4.69, 9.17) is 11.6 Å². The first-order chi connectivity index (χ1) is 12.6. The van der Waals surface area contributed by atoms with Gasteiger partial charge >= 0.3 is 0 Å². The third-order valence-corrected chi connectivity index (χ3v) is 5.32. The third-order valence-electron chi connectivity index (χ3n) is 4.07. The molecule has 2 heterocycles. The Morgan fingerprint density at radius 3 is 2.88 bits per heavy atom. The van der Waals surface area contributed by atoms with Gasteiger partial charge < -0.3 is 5.32 Å². The van der Waals surface area contributed by atoms with Gasteiger partial charge in [0.2, 0.25) is 0 Å². The lowest BCUT2D eigenvalue weighted by Crippen LogP contribution is -2.25. The molecule has 2 aromatic heterocycles. The standard InChI is InChI=1S/C20H20ClN3OS/c1-14(20-23-11-12-26-20)5-4-10-22-19(25)18-9-3-8-17(24-18)15-6-2-7-16(21)13-15/h2-3,6-9,11-14H,4-5,10H2,1H3,(H,22,25)/t14-/m0/s1. The zero-order chi connectivity index (χ0) is 18.4. The molecule has 6 heteroatoms. The van der Waals surface area contributed by atoms with Crippen molar-refractivity contribution in [2.45, 2.75) is 25.7 Å². The highest BCUT2D eigenvalue weighted by atomic mass is 35.5. The Morgan fingerprint density at radius 2 is 2.12 bits per heavy atom. The number of pyridine rings is 1.